The van der Waals surface area contributed by atoms with E-state index in [0.29, 0.717) is 0 Å². The summed E-state index contributed by atoms with van der Waals surface area (Å²) in [6, 6.07) is 9.63. The highest BCUT2D eigenvalue weighted by Gasteiger charge is 2.22. The first-order valence-corrected chi connectivity index (χ1v) is 26.2. The number of hydrogen-bond donors (Lipinski definition) is 0. The lowest BCUT2D eigenvalue weighted by Crippen LogP contribution is -1.79. The molecule has 15 heteroatoms. The molecule has 0 aromatic heterocycles. The standard InChI is InChI=1S/C8H7N.C2H6.CH3NO2.H13P11/c1-7-4-2-3-5-8(7)6-9;1-2;1-2(3)4;1-7-10(6)11(8(2)3)9(4)5/h2-5H,1H3;1-2H3;1H3;7H,1-6H2. The molecule has 0 aliphatic rings. The third kappa shape index (κ3) is 20.1. The molecule has 0 radical (unpaired) electrons. The lowest BCUT2D eigenvalue weighted by Gasteiger charge is -2.29. The minimum absolute atomic E-state index is 0.138. The van der Waals surface area contributed by atoms with Crippen LogP contribution in [0.3, 0.4) is 0 Å². The number of benzene rings is 1. The summed E-state index contributed by atoms with van der Waals surface area (Å²) in [6.07, 6.45) is 0. The third-order valence-corrected chi connectivity index (χ3v) is 61.1. The highest BCUT2D eigenvalue weighted by atomic mass is 33.2. The maximum atomic E-state index is 8.81. The second kappa shape index (κ2) is 22.5. The molecule has 26 heavy (non-hydrogen) atoms. The molecular weight excluding hydrogens is 533 g/mol. The van der Waals surface area contributed by atoms with Crippen molar-refractivity contribution in [1.29, 1.82) is 5.26 Å². The normalized spacial score (nSPS) is 10.9. The van der Waals surface area contributed by atoms with Crippen molar-refractivity contribution >= 4 is 89.5 Å². The van der Waals surface area contributed by atoms with Crippen molar-refractivity contribution < 1.29 is 4.92 Å². The zero-order valence-electron chi connectivity index (χ0n) is 15.3. The SMILES string of the molecule is CC.C[N+](=O)[O-].Cc1ccccc1C#N.PPP(P)P(P(P)P)P(P)P. The molecule has 0 saturated carbocycles. The van der Waals surface area contributed by atoms with Crippen LogP contribution < -0.4 is 0 Å². The van der Waals surface area contributed by atoms with E-state index in [4.69, 9.17) is 15.4 Å². The first kappa shape index (κ1) is 33.5. The van der Waals surface area contributed by atoms with E-state index < -0.39 is 4.92 Å². The summed E-state index contributed by atoms with van der Waals surface area (Å²) in [5.41, 5.74) is 1.80. The first-order valence-electron chi connectivity index (χ1n) is 7.02. The van der Waals surface area contributed by atoms with Crippen molar-refractivity contribution in [1.82, 2.24) is 0 Å². The van der Waals surface area contributed by atoms with Crippen LogP contribution in [-0.2, 0) is 0 Å². The Balaban J connectivity index is -0.000000316. The number of nitriles is 1. The van der Waals surface area contributed by atoms with Gasteiger partial charge in [0, 0.05) is 4.92 Å². The maximum absolute atomic E-state index is 8.81. The minimum atomic E-state index is -0.500. The van der Waals surface area contributed by atoms with Crippen LogP contribution >= 0.6 is 89.5 Å². The van der Waals surface area contributed by atoms with Crippen LogP contribution in [-0.4, -0.2) is 12.0 Å². The Hall–Kier alpha value is 2.84. The van der Waals surface area contributed by atoms with Gasteiger partial charge in [0.2, 0.25) is 0 Å². The Morgan fingerprint density at radius 1 is 1.12 bits per heavy atom. The fraction of sp³-hybridized carbons (Fsp3) is 0.364. The van der Waals surface area contributed by atoms with Crippen LogP contribution in [0.4, 0.5) is 0 Å². The fourth-order valence-corrected chi connectivity index (χ4v) is 96.3. The van der Waals surface area contributed by atoms with E-state index in [1.54, 1.807) is 0 Å². The molecule has 0 aliphatic heterocycles. The Labute approximate surface area is 178 Å². The molecule has 0 N–H and O–H groups in total. The van der Waals surface area contributed by atoms with Crippen LogP contribution in [0.5, 0.6) is 0 Å². The molecule has 0 amide bonds. The summed E-state index contributed by atoms with van der Waals surface area (Å²) in [5.74, 6) is 0. The van der Waals surface area contributed by atoms with Crippen LogP contribution in [0, 0.1) is 28.4 Å². The molecule has 0 spiro atoms. The maximum Gasteiger partial charge on any atom is 0.194 e. The van der Waals surface area contributed by atoms with Crippen molar-refractivity contribution in [3.8, 4) is 6.07 Å². The molecule has 0 fully saturated rings. The topological polar surface area (TPSA) is 66.9 Å². The summed E-state index contributed by atoms with van der Waals surface area (Å²) >= 11 is 0. The molecule has 0 aliphatic carbocycles. The largest absolute Gasteiger partial charge is 0.265 e. The Morgan fingerprint density at radius 2 is 1.50 bits per heavy atom. The van der Waals surface area contributed by atoms with Gasteiger partial charge < -0.3 is 0 Å². The van der Waals surface area contributed by atoms with E-state index in [-0.39, 0.29) is 27.9 Å². The van der Waals surface area contributed by atoms with Crippen molar-refractivity contribution in [2.75, 3.05) is 7.05 Å². The van der Waals surface area contributed by atoms with Crippen molar-refractivity contribution in [3.63, 3.8) is 0 Å². The van der Waals surface area contributed by atoms with Gasteiger partial charge in [-0.05, 0) is 46.5 Å². The Morgan fingerprint density at radius 3 is 1.69 bits per heavy atom. The third-order valence-electron chi connectivity index (χ3n) is 2.00. The highest BCUT2D eigenvalue weighted by molar-refractivity contribution is 9.18. The zero-order valence-corrected chi connectivity index (χ0v) is 26.8. The van der Waals surface area contributed by atoms with Gasteiger partial charge in [-0.25, -0.2) is 0 Å². The Bertz CT molecular complexity index is 515. The summed E-state index contributed by atoms with van der Waals surface area (Å²) in [7, 11) is 19.8. The van der Waals surface area contributed by atoms with Crippen molar-refractivity contribution in [2.45, 2.75) is 20.8 Å². The predicted octanol–water partition coefficient (Wildman–Crippen LogP) is 8.78. The van der Waals surface area contributed by atoms with Crippen molar-refractivity contribution in [3.05, 3.63) is 45.5 Å². The number of nitro groups is 1. The number of aryl methyl sites for hydroxylation is 1. The average molecular weight is 562 g/mol. The molecule has 150 valence electrons. The molecule has 1 rings (SSSR count). The number of nitrogens with zero attached hydrogens (tertiary/aromatic N) is 2. The first-order chi connectivity index (χ1) is 12.1. The number of rotatable bonds is 4. The minimum Gasteiger partial charge on any atom is -0.265 e. The lowest BCUT2D eigenvalue weighted by atomic mass is 10.1. The van der Waals surface area contributed by atoms with Crippen molar-refractivity contribution in [2.24, 2.45) is 0 Å². The van der Waals surface area contributed by atoms with Gasteiger partial charge in [-0.2, -0.15) is 5.26 Å². The van der Waals surface area contributed by atoms with Gasteiger partial charge in [-0.3, -0.25) is 10.1 Å². The van der Waals surface area contributed by atoms with E-state index in [1.807, 2.05) is 45.0 Å². The zero-order chi connectivity index (χ0) is 21.3. The lowest BCUT2D eigenvalue weighted by molar-refractivity contribution is -0.445. The molecule has 4 nitrogen and oxygen atoms in total. The molecule has 1 aromatic carbocycles. The summed E-state index contributed by atoms with van der Waals surface area (Å²) in [5, 5.41) is 17.3. The van der Waals surface area contributed by atoms with Gasteiger partial charge in [0.05, 0.1) is 11.6 Å². The summed E-state index contributed by atoms with van der Waals surface area (Å²) in [4.78, 5) is 8.31. The molecule has 1 aromatic rings. The molecule has 0 bridgehead atoms. The van der Waals surface area contributed by atoms with E-state index in [9.17, 15) is 0 Å². The molecular formula is C11H29N2O2P11. The number of hydrogen-bond acceptors (Lipinski definition) is 3. The second-order valence-electron chi connectivity index (χ2n) is 3.87. The Kier molecular flexibility index (Phi) is 29.0. The molecule has 0 saturated heterocycles. The average Bonchev–Trinajstić information content (AvgIpc) is 2.56. The van der Waals surface area contributed by atoms with E-state index in [1.165, 1.54) is 0 Å². The highest BCUT2D eigenvalue weighted by Crippen LogP contribution is 3.12. The predicted molar refractivity (Wildman–Crippen MR) is 154 cm³/mol. The van der Waals surface area contributed by atoms with Gasteiger partial charge in [0.1, 0.15) is 0 Å². The van der Waals surface area contributed by atoms with E-state index in [2.05, 4.69) is 59.6 Å². The molecule has 0 heterocycles. The van der Waals surface area contributed by atoms with Gasteiger partial charge in [0.25, 0.3) is 0 Å². The van der Waals surface area contributed by atoms with E-state index >= 15 is 0 Å². The summed E-state index contributed by atoms with van der Waals surface area (Å²) < 4.78 is 0. The quantitative estimate of drug-likeness (QED) is 0.209. The van der Waals surface area contributed by atoms with E-state index in [0.717, 1.165) is 26.1 Å². The fourth-order valence-electron chi connectivity index (χ4n) is 1.09. The monoisotopic (exact) mass is 562 g/mol. The van der Waals surface area contributed by atoms with Gasteiger partial charge in [-0.15, -0.1) is 53.6 Å². The smallest absolute Gasteiger partial charge is 0.194 e. The molecule has 8 unspecified atom stereocenters. The molecule has 8 atom stereocenters. The van der Waals surface area contributed by atoms with Crippen LogP contribution in [0.2, 0.25) is 0 Å². The second-order valence-corrected chi connectivity index (χ2v) is 42.9. The van der Waals surface area contributed by atoms with Gasteiger partial charge >= 0.3 is 0 Å². The van der Waals surface area contributed by atoms with Gasteiger partial charge in [-0.1, -0.05) is 40.0 Å². The van der Waals surface area contributed by atoms with Crippen LogP contribution in [0.25, 0.3) is 0 Å². The summed E-state index contributed by atoms with van der Waals surface area (Å²) in [6.45, 7) is 6.69. The van der Waals surface area contributed by atoms with Gasteiger partial charge in [0.15, 0.2) is 7.05 Å². The van der Waals surface area contributed by atoms with Crippen LogP contribution in [0.1, 0.15) is 25.0 Å². The van der Waals surface area contributed by atoms with Crippen LogP contribution in [0.15, 0.2) is 24.3 Å².